The zero-order valence-corrected chi connectivity index (χ0v) is 11.4. The molecule has 2 rings (SSSR count). The van der Waals surface area contributed by atoms with Crippen LogP contribution in [0.3, 0.4) is 0 Å². The lowest BCUT2D eigenvalue weighted by atomic mass is 9.86. The Morgan fingerprint density at radius 3 is 2.63 bits per heavy atom. The van der Waals surface area contributed by atoms with Crippen molar-refractivity contribution in [1.82, 2.24) is 9.97 Å². The fourth-order valence-corrected chi connectivity index (χ4v) is 2.60. The molecule has 0 aliphatic heterocycles. The summed E-state index contributed by atoms with van der Waals surface area (Å²) in [5.41, 5.74) is 0.671. The first-order valence-corrected chi connectivity index (χ1v) is 6.67. The van der Waals surface area contributed by atoms with Crippen LogP contribution in [-0.4, -0.2) is 34.1 Å². The van der Waals surface area contributed by atoms with Crippen LogP contribution >= 0.6 is 11.6 Å². The number of aromatic nitrogens is 2. The van der Waals surface area contributed by atoms with Gasteiger partial charge in [-0.15, -0.1) is 0 Å². The fraction of sp³-hybridized carbons (Fsp3) is 0.583. The molecule has 1 aliphatic carbocycles. The van der Waals surface area contributed by atoms with Crippen molar-refractivity contribution >= 4 is 29.1 Å². The molecule has 0 bridgehead atoms. The fourth-order valence-electron chi connectivity index (χ4n) is 2.37. The van der Waals surface area contributed by atoms with Crippen LogP contribution in [0.1, 0.15) is 25.7 Å². The Hall–Kier alpha value is -1.56. The van der Waals surface area contributed by atoms with Crippen LogP contribution in [0.4, 0.5) is 11.5 Å². The van der Waals surface area contributed by atoms with Crippen LogP contribution in [0.2, 0.25) is 5.15 Å². The number of hydrogen-bond donors (Lipinski definition) is 3. The van der Waals surface area contributed by atoms with E-state index in [0.29, 0.717) is 29.5 Å². The van der Waals surface area contributed by atoms with E-state index in [1.807, 2.05) is 0 Å². The number of nitrogens with one attached hydrogen (secondary N) is 2. The molecule has 0 saturated heterocycles. The molecule has 1 aromatic rings. The first-order valence-electron chi connectivity index (χ1n) is 6.29. The Kier molecular flexibility index (Phi) is 4.42. The van der Waals surface area contributed by atoms with Gasteiger partial charge in [0, 0.05) is 13.1 Å². The highest BCUT2D eigenvalue weighted by molar-refractivity contribution is 6.32. The number of hydrogen-bond acceptors (Lipinski definition) is 5. The molecule has 7 heteroatoms. The van der Waals surface area contributed by atoms with E-state index >= 15 is 0 Å². The van der Waals surface area contributed by atoms with Crippen molar-refractivity contribution in [3.05, 3.63) is 11.5 Å². The number of aliphatic carboxylic acids is 1. The molecule has 1 aliphatic rings. The summed E-state index contributed by atoms with van der Waals surface area (Å²) < 4.78 is 0. The summed E-state index contributed by atoms with van der Waals surface area (Å²) in [6, 6.07) is 0.230. The summed E-state index contributed by atoms with van der Waals surface area (Å²) in [5.74, 6) is -0.239. The Morgan fingerprint density at radius 2 is 2.05 bits per heavy atom. The number of carboxylic acids is 1. The SMILES string of the molecule is CNc1c(Cl)ncnc1NC1CCC(C(=O)O)CC1. The summed E-state index contributed by atoms with van der Waals surface area (Å²) in [6.07, 6.45) is 4.44. The molecule has 0 radical (unpaired) electrons. The van der Waals surface area contributed by atoms with E-state index in [0.717, 1.165) is 12.8 Å². The predicted octanol–water partition coefficient (Wildman–Crippen LogP) is 2.23. The number of halogens is 1. The molecule has 3 N–H and O–H groups in total. The lowest BCUT2D eigenvalue weighted by Crippen LogP contribution is -2.29. The maximum absolute atomic E-state index is 10.9. The summed E-state index contributed by atoms with van der Waals surface area (Å²) in [5, 5.41) is 15.6. The van der Waals surface area contributed by atoms with Gasteiger partial charge in [-0.1, -0.05) is 11.6 Å². The standard InChI is InChI=1S/C12H17ClN4O2/c1-14-9-10(13)15-6-16-11(9)17-8-4-2-7(3-5-8)12(18)19/h6-8,14H,2-5H2,1H3,(H,18,19)(H,15,16,17). The van der Waals surface area contributed by atoms with Crippen molar-refractivity contribution < 1.29 is 9.90 Å². The average Bonchev–Trinajstić information content (AvgIpc) is 2.39. The number of carbonyl (C=O) groups is 1. The predicted molar refractivity (Wildman–Crippen MR) is 73.6 cm³/mol. The minimum atomic E-state index is -0.695. The minimum absolute atomic E-state index is 0.212. The second-order valence-electron chi connectivity index (χ2n) is 4.67. The van der Waals surface area contributed by atoms with Crippen LogP contribution in [-0.2, 0) is 4.79 Å². The molecule has 19 heavy (non-hydrogen) atoms. The van der Waals surface area contributed by atoms with Crippen molar-refractivity contribution in [2.45, 2.75) is 31.7 Å². The Balaban J connectivity index is 1.99. The Bertz CT molecular complexity index is 461. The van der Waals surface area contributed by atoms with Crippen molar-refractivity contribution in [3.63, 3.8) is 0 Å². The van der Waals surface area contributed by atoms with Crippen molar-refractivity contribution in [2.24, 2.45) is 5.92 Å². The number of nitrogens with zero attached hydrogens (tertiary/aromatic N) is 2. The molecule has 0 amide bonds. The van der Waals surface area contributed by atoms with Crippen LogP contribution in [0.15, 0.2) is 6.33 Å². The van der Waals surface area contributed by atoms with E-state index in [4.69, 9.17) is 16.7 Å². The molecule has 104 valence electrons. The first-order chi connectivity index (χ1) is 9.11. The highest BCUT2D eigenvalue weighted by atomic mass is 35.5. The average molecular weight is 285 g/mol. The van der Waals surface area contributed by atoms with Gasteiger partial charge in [0.1, 0.15) is 12.0 Å². The number of anilines is 2. The quantitative estimate of drug-likeness (QED) is 0.735. The molecular weight excluding hydrogens is 268 g/mol. The van der Waals surface area contributed by atoms with Crippen molar-refractivity contribution in [2.75, 3.05) is 17.7 Å². The molecule has 1 aromatic heterocycles. The molecule has 0 atom stereocenters. The van der Waals surface area contributed by atoms with E-state index in [-0.39, 0.29) is 12.0 Å². The van der Waals surface area contributed by atoms with E-state index < -0.39 is 5.97 Å². The summed E-state index contributed by atoms with van der Waals surface area (Å²) in [4.78, 5) is 19.0. The maximum Gasteiger partial charge on any atom is 0.306 e. The van der Waals surface area contributed by atoms with E-state index in [2.05, 4.69) is 20.6 Å². The Morgan fingerprint density at radius 1 is 1.37 bits per heavy atom. The third-order valence-corrected chi connectivity index (χ3v) is 3.75. The molecule has 0 spiro atoms. The normalized spacial score (nSPS) is 22.8. The summed E-state index contributed by atoms with van der Waals surface area (Å²) in [7, 11) is 1.76. The van der Waals surface area contributed by atoms with Crippen LogP contribution in [0.5, 0.6) is 0 Å². The number of carboxylic acid groups (broad SMARTS) is 1. The molecule has 6 nitrogen and oxygen atoms in total. The van der Waals surface area contributed by atoms with Gasteiger partial charge in [-0.25, -0.2) is 9.97 Å². The van der Waals surface area contributed by atoms with Crippen LogP contribution in [0.25, 0.3) is 0 Å². The third-order valence-electron chi connectivity index (χ3n) is 3.47. The van der Waals surface area contributed by atoms with E-state index in [1.54, 1.807) is 7.05 Å². The van der Waals surface area contributed by atoms with Crippen molar-refractivity contribution in [1.29, 1.82) is 0 Å². The molecule has 1 heterocycles. The number of rotatable bonds is 4. The van der Waals surface area contributed by atoms with Crippen LogP contribution < -0.4 is 10.6 Å². The van der Waals surface area contributed by atoms with Gasteiger partial charge in [0.2, 0.25) is 0 Å². The lowest BCUT2D eigenvalue weighted by molar-refractivity contribution is -0.142. The van der Waals surface area contributed by atoms with Gasteiger partial charge < -0.3 is 15.7 Å². The summed E-state index contributed by atoms with van der Waals surface area (Å²) in [6.45, 7) is 0. The van der Waals surface area contributed by atoms with Gasteiger partial charge in [-0.2, -0.15) is 0 Å². The Labute approximate surface area is 116 Å². The highest BCUT2D eigenvalue weighted by Crippen LogP contribution is 2.30. The lowest BCUT2D eigenvalue weighted by Gasteiger charge is -2.27. The monoisotopic (exact) mass is 284 g/mol. The second-order valence-corrected chi connectivity index (χ2v) is 5.03. The van der Waals surface area contributed by atoms with Gasteiger partial charge in [0.15, 0.2) is 11.0 Å². The highest BCUT2D eigenvalue weighted by Gasteiger charge is 2.26. The van der Waals surface area contributed by atoms with Gasteiger partial charge in [0.05, 0.1) is 5.92 Å². The largest absolute Gasteiger partial charge is 0.481 e. The third kappa shape index (κ3) is 3.26. The van der Waals surface area contributed by atoms with E-state index in [9.17, 15) is 4.79 Å². The topological polar surface area (TPSA) is 87.1 Å². The van der Waals surface area contributed by atoms with Crippen molar-refractivity contribution in [3.8, 4) is 0 Å². The second kappa shape index (κ2) is 6.06. The maximum atomic E-state index is 10.9. The van der Waals surface area contributed by atoms with Gasteiger partial charge >= 0.3 is 5.97 Å². The first kappa shape index (κ1) is 13.9. The molecule has 0 unspecified atom stereocenters. The molecular formula is C12H17ClN4O2. The molecule has 1 saturated carbocycles. The van der Waals surface area contributed by atoms with Crippen LogP contribution in [0, 0.1) is 5.92 Å². The molecule has 1 fully saturated rings. The van der Waals surface area contributed by atoms with E-state index in [1.165, 1.54) is 6.33 Å². The smallest absolute Gasteiger partial charge is 0.306 e. The van der Waals surface area contributed by atoms with Gasteiger partial charge in [-0.3, -0.25) is 4.79 Å². The van der Waals surface area contributed by atoms with Gasteiger partial charge in [0.25, 0.3) is 0 Å². The zero-order chi connectivity index (χ0) is 13.8. The summed E-state index contributed by atoms with van der Waals surface area (Å²) >= 11 is 5.98. The zero-order valence-electron chi connectivity index (χ0n) is 10.7. The minimum Gasteiger partial charge on any atom is -0.481 e. The van der Waals surface area contributed by atoms with Gasteiger partial charge in [-0.05, 0) is 25.7 Å². The molecule has 0 aromatic carbocycles.